The van der Waals surface area contributed by atoms with Gasteiger partial charge < -0.3 is 9.47 Å². The minimum atomic E-state index is -0.315. The van der Waals surface area contributed by atoms with Crippen LogP contribution in [0.1, 0.15) is 5.56 Å². The summed E-state index contributed by atoms with van der Waals surface area (Å²) in [5.41, 5.74) is 0.609. The molecule has 0 saturated carbocycles. The van der Waals surface area contributed by atoms with Crippen molar-refractivity contribution in [2.75, 3.05) is 14.2 Å². The van der Waals surface area contributed by atoms with Crippen LogP contribution in [0.3, 0.4) is 0 Å². The summed E-state index contributed by atoms with van der Waals surface area (Å²) in [5.74, 6) is 0.784. The third-order valence-electron chi connectivity index (χ3n) is 2.64. The predicted octanol–water partition coefficient (Wildman–Crippen LogP) is 1.96. The molecule has 5 nitrogen and oxygen atoms in total. The number of ether oxygens (including phenoxy) is 2. The largest absolute Gasteiger partial charge is 0.497 e. The summed E-state index contributed by atoms with van der Waals surface area (Å²) in [4.78, 5) is 16.0. The van der Waals surface area contributed by atoms with E-state index in [4.69, 9.17) is 21.1 Å². The molecule has 6 heteroatoms. The molecule has 0 unspecified atom stereocenters. The van der Waals surface area contributed by atoms with Crippen molar-refractivity contribution in [3.63, 3.8) is 0 Å². The van der Waals surface area contributed by atoms with Crippen LogP contribution < -0.4 is 15.0 Å². The Morgan fingerprint density at radius 2 is 2.11 bits per heavy atom. The van der Waals surface area contributed by atoms with Crippen molar-refractivity contribution in [1.29, 1.82) is 0 Å². The second kappa shape index (κ2) is 5.75. The monoisotopic (exact) mass is 280 g/mol. The van der Waals surface area contributed by atoms with Crippen LogP contribution in [-0.2, 0) is 6.54 Å². The fourth-order valence-corrected chi connectivity index (χ4v) is 1.90. The van der Waals surface area contributed by atoms with E-state index in [0.29, 0.717) is 6.54 Å². The predicted molar refractivity (Wildman–Crippen MR) is 72.2 cm³/mol. The van der Waals surface area contributed by atoms with E-state index in [2.05, 4.69) is 4.98 Å². The lowest BCUT2D eigenvalue weighted by Crippen LogP contribution is -2.22. The second-order valence-corrected chi connectivity index (χ2v) is 4.21. The number of hydrogen-bond acceptors (Lipinski definition) is 4. The maximum atomic E-state index is 12.1. The zero-order valence-corrected chi connectivity index (χ0v) is 11.3. The first-order valence-corrected chi connectivity index (χ1v) is 5.95. The molecule has 0 atom stereocenters. The number of aromatic nitrogens is 2. The van der Waals surface area contributed by atoms with Gasteiger partial charge in [0.2, 0.25) is 5.75 Å². The zero-order chi connectivity index (χ0) is 13.8. The smallest absolute Gasteiger partial charge is 0.297 e. The molecule has 0 aliphatic carbocycles. The molecule has 1 aromatic carbocycles. The molecule has 0 bridgehead atoms. The van der Waals surface area contributed by atoms with E-state index in [-0.39, 0.29) is 16.5 Å². The fourth-order valence-electron chi connectivity index (χ4n) is 1.70. The minimum absolute atomic E-state index is 0.0482. The van der Waals surface area contributed by atoms with Gasteiger partial charge in [-0.3, -0.25) is 9.36 Å². The van der Waals surface area contributed by atoms with Crippen LogP contribution in [0.4, 0.5) is 0 Å². The van der Waals surface area contributed by atoms with Gasteiger partial charge >= 0.3 is 0 Å². The maximum Gasteiger partial charge on any atom is 0.297 e. The Bertz CT molecular complexity index is 640. The first-order valence-electron chi connectivity index (χ1n) is 5.57. The van der Waals surface area contributed by atoms with E-state index >= 15 is 0 Å². The quantitative estimate of drug-likeness (QED) is 0.804. The highest BCUT2D eigenvalue weighted by Gasteiger charge is 2.10. The molecule has 0 amide bonds. The molecule has 0 N–H and O–H groups in total. The number of halogens is 1. The summed E-state index contributed by atoms with van der Waals surface area (Å²) in [6, 6.07) is 7.45. The minimum Gasteiger partial charge on any atom is -0.497 e. The average molecular weight is 281 g/mol. The van der Waals surface area contributed by atoms with Gasteiger partial charge in [-0.25, -0.2) is 4.98 Å². The lowest BCUT2D eigenvalue weighted by molar-refractivity contribution is 0.400. The summed E-state index contributed by atoms with van der Waals surface area (Å²) in [5, 5.41) is 0.0643. The molecule has 2 rings (SSSR count). The molecule has 0 spiro atoms. The first kappa shape index (κ1) is 13.4. The van der Waals surface area contributed by atoms with E-state index in [0.717, 1.165) is 11.3 Å². The molecular weight excluding hydrogens is 268 g/mol. The van der Waals surface area contributed by atoms with Crippen LogP contribution in [0.2, 0.25) is 5.15 Å². The molecular formula is C13H13ClN2O3. The standard InChI is InChI=1S/C13H13ClN2O3/c1-18-10-5-3-4-9(6-10)7-16-8-15-12(14)11(19-2)13(16)17/h3-6,8H,7H2,1-2H3. The van der Waals surface area contributed by atoms with E-state index in [1.165, 1.54) is 18.0 Å². The summed E-state index contributed by atoms with van der Waals surface area (Å²) < 4.78 is 11.5. The molecule has 2 aromatic rings. The lowest BCUT2D eigenvalue weighted by Gasteiger charge is -2.09. The van der Waals surface area contributed by atoms with Crippen LogP contribution in [0.15, 0.2) is 35.4 Å². The highest BCUT2D eigenvalue weighted by molar-refractivity contribution is 6.30. The number of benzene rings is 1. The number of nitrogens with zero attached hydrogens (tertiary/aromatic N) is 2. The Kier molecular flexibility index (Phi) is 4.06. The van der Waals surface area contributed by atoms with Gasteiger partial charge in [0.1, 0.15) is 5.75 Å². The third kappa shape index (κ3) is 2.88. The first-order chi connectivity index (χ1) is 9.15. The van der Waals surface area contributed by atoms with Crippen LogP contribution in [0.25, 0.3) is 0 Å². The molecule has 0 aliphatic rings. The van der Waals surface area contributed by atoms with Gasteiger partial charge in [-0.2, -0.15) is 0 Å². The summed E-state index contributed by atoms with van der Waals surface area (Å²) >= 11 is 5.78. The van der Waals surface area contributed by atoms with Gasteiger partial charge in [-0.15, -0.1) is 0 Å². The van der Waals surface area contributed by atoms with Crippen LogP contribution in [0, 0.1) is 0 Å². The molecule has 0 saturated heterocycles. The zero-order valence-electron chi connectivity index (χ0n) is 10.6. The lowest BCUT2D eigenvalue weighted by atomic mass is 10.2. The molecule has 100 valence electrons. The molecule has 1 heterocycles. The summed E-state index contributed by atoms with van der Waals surface area (Å²) in [6.07, 6.45) is 1.40. The molecule has 0 fully saturated rings. The van der Waals surface area contributed by atoms with E-state index < -0.39 is 0 Å². The summed E-state index contributed by atoms with van der Waals surface area (Å²) in [7, 11) is 2.98. The highest BCUT2D eigenvalue weighted by Crippen LogP contribution is 2.16. The van der Waals surface area contributed by atoms with Gasteiger partial charge in [0, 0.05) is 0 Å². The van der Waals surface area contributed by atoms with Crippen molar-refractivity contribution in [3.05, 3.63) is 51.7 Å². The molecule has 1 aromatic heterocycles. The Morgan fingerprint density at radius 1 is 1.32 bits per heavy atom. The number of hydrogen-bond donors (Lipinski definition) is 0. The van der Waals surface area contributed by atoms with Gasteiger partial charge in [0.05, 0.1) is 27.1 Å². The molecule has 19 heavy (non-hydrogen) atoms. The maximum absolute atomic E-state index is 12.1. The van der Waals surface area contributed by atoms with Crippen molar-refractivity contribution < 1.29 is 9.47 Å². The van der Waals surface area contributed by atoms with Crippen LogP contribution in [0.5, 0.6) is 11.5 Å². The summed E-state index contributed by atoms with van der Waals surface area (Å²) in [6.45, 7) is 0.372. The average Bonchev–Trinajstić information content (AvgIpc) is 2.43. The van der Waals surface area contributed by atoms with Crippen molar-refractivity contribution >= 4 is 11.6 Å². The normalized spacial score (nSPS) is 10.3. The Morgan fingerprint density at radius 3 is 2.79 bits per heavy atom. The Hall–Kier alpha value is -2.01. The highest BCUT2D eigenvalue weighted by atomic mass is 35.5. The van der Waals surface area contributed by atoms with E-state index in [9.17, 15) is 4.79 Å². The third-order valence-corrected chi connectivity index (χ3v) is 2.91. The second-order valence-electron chi connectivity index (χ2n) is 3.85. The van der Waals surface area contributed by atoms with Gasteiger partial charge in [-0.1, -0.05) is 23.7 Å². The van der Waals surface area contributed by atoms with E-state index in [1.54, 1.807) is 7.11 Å². The van der Waals surface area contributed by atoms with Crippen LogP contribution >= 0.6 is 11.6 Å². The van der Waals surface area contributed by atoms with Gasteiger partial charge in [0.25, 0.3) is 5.56 Å². The number of methoxy groups -OCH3 is 2. The van der Waals surface area contributed by atoms with Crippen molar-refractivity contribution in [1.82, 2.24) is 9.55 Å². The Balaban J connectivity index is 2.36. The van der Waals surface area contributed by atoms with Gasteiger partial charge in [0.15, 0.2) is 5.15 Å². The van der Waals surface area contributed by atoms with Gasteiger partial charge in [-0.05, 0) is 17.7 Å². The topological polar surface area (TPSA) is 53.4 Å². The van der Waals surface area contributed by atoms with Crippen LogP contribution in [-0.4, -0.2) is 23.8 Å². The Labute approximate surface area is 115 Å². The fraction of sp³-hybridized carbons (Fsp3) is 0.231. The van der Waals surface area contributed by atoms with Crippen molar-refractivity contribution in [3.8, 4) is 11.5 Å². The molecule has 0 radical (unpaired) electrons. The van der Waals surface area contributed by atoms with Crippen molar-refractivity contribution in [2.24, 2.45) is 0 Å². The van der Waals surface area contributed by atoms with Crippen molar-refractivity contribution in [2.45, 2.75) is 6.54 Å². The SMILES string of the molecule is COc1cccc(Cn2cnc(Cl)c(OC)c2=O)c1. The molecule has 0 aliphatic heterocycles. The van der Waals surface area contributed by atoms with E-state index in [1.807, 2.05) is 24.3 Å². The number of rotatable bonds is 4.